The minimum absolute atomic E-state index is 0.0351. The van der Waals surface area contributed by atoms with Crippen LogP contribution in [0.15, 0.2) is 45.5 Å². The molecule has 8 heteroatoms. The van der Waals surface area contributed by atoms with E-state index in [2.05, 4.69) is 26.6 Å². The molecule has 1 atom stereocenters. The maximum Gasteiger partial charge on any atom is 0.287 e. The zero-order chi connectivity index (χ0) is 17.5. The number of hydrogen-bond acceptors (Lipinski definition) is 5. The van der Waals surface area contributed by atoms with Crippen molar-refractivity contribution < 1.29 is 23.8 Å². The molecular formula is C16H17BrN2O5. The van der Waals surface area contributed by atoms with Gasteiger partial charge in [0.15, 0.2) is 10.4 Å². The van der Waals surface area contributed by atoms with Gasteiger partial charge in [0.1, 0.15) is 5.75 Å². The number of methoxy groups -OCH3 is 1. The smallest absolute Gasteiger partial charge is 0.287 e. The van der Waals surface area contributed by atoms with E-state index in [-0.39, 0.29) is 18.8 Å². The Balaban J connectivity index is 1.74. The van der Waals surface area contributed by atoms with Gasteiger partial charge in [-0.15, -0.1) is 0 Å². The van der Waals surface area contributed by atoms with E-state index in [4.69, 9.17) is 9.15 Å². The number of benzene rings is 1. The third-order valence-electron chi connectivity index (χ3n) is 3.20. The Bertz CT molecular complexity index is 699. The van der Waals surface area contributed by atoms with Gasteiger partial charge in [-0.05, 0) is 45.8 Å². The largest absolute Gasteiger partial charge is 0.497 e. The zero-order valence-corrected chi connectivity index (χ0v) is 14.5. The molecule has 2 amide bonds. The van der Waals surface area contributed by atoms with Crippen molar-refractivity contribution in [2.45, 2.75) is 6.10 Å². The Morgan fingerprint density at radius 1 is 1.21 bits per heavy atom. The number of carbonyl (C=O) groups excluding carboxylic acids is 2. The van der Waals surface area contributed by atoms with Crippen LogP contribution in [0.3, 0.4) is 0 Å². The molecular weight excluding hydrogens is 380 g/mol. The topological polar surface area (TPSA) is 101 Å². The highest BCUT2D eigenvalue weighted by Crippen LogP contribution is 2.17. The van der Waals surface area contributed by atoms with Crippen LogP contribution in [0.25, 0.3) is 0 Å². The lowest BCUT2D eigenvalue weighted by Crippen LogP contribution is -2.38. The minimum Gasteiger partial charge on any atom is -0.497 e. The molecule has 1 unspecified atom stereocenters. The van der Waals surface area contributed by atoms with Crippen LogP contribution in [0.1, 0.15) is 22.2 Å². The summed E-state index contributed by atoms with van der Waals surface area (Å²) in [4.78, 5) is 23.4. The summed E-state index contributed by atoms with van der Waals surface area (Å²) in [7, 11) is 1.56. The van der Waals surface area contributed by atoms with Crippen molar-refractivity contribution in [2.24, 2.45) is 0 Å². The molecule has 0 fully saturated rings. The average molecular weight is 397 g/mol. The van der Waals surface area contributed by atoms with Crippen LogP contribution in [0.2, 0.25) is 0 Å². The van der Waals surface area contributed by atoms with E-state index in [0.717, 1.165) is 0 Å². The number of nitrogens with one attached hydrogen (secondary N) is 2. The normalized spacial score (nSPS) is 11.6. The van der Waals surface area contributed by atoms with Crippen LogP contribution in [0.5, 0.6) is 5.75 Å². The van der Waals surface area contributed by atoms with Gasteiger partial charge in [0.05, 0.1) is 19.8 Å². The Hall–Kier alpha value is -2.32. The molecule has 0 saturated heterocycles. The summed E-state index contributed by atoms with van der Waals surface area (Å²) in [5.74, 6) is -0.122. The first kappa shape index (κ1) is 18.0. The van der Waals surface area contributed by atoms with E-state index >= 15 is 0 Å². The number of halogens is 1. The van der Waals surface area contributed by atoms with Gasteiger partial charge in [-0.3, -0.25) is 9.59 Å². The van der Waals surface area contributed by atoms with Crippen LogP contribution in [0.4, 0.5) is 0 Å². The number of ether oxygens (including phenoxy) is 1. The molecule has 1 aromatic heterocycles. The molecule has 0 bridgehead atoms. The summed E-state index contributed by atoms with van der Waals surface area (Å²) in [5.41, 5.74) is 0.653. The van der Waals surface area contributed by atoms with Crippen LogP contribution < -0.4 is 15.4 Å². The van der Waals surface area contributed by atoms with Crippen molar-refractivity contribution in [3.8, 4) is 5.75 Å². The van der Waals surface area contributed by atoms with Gasteiger partial charge in [-0.2, -0.15) is 0 Å². The van der Waals surface area contributed by atoms with Gasteiger partial charge >= 0.3 is 0 Å². The number of carbonyl (C=O) groups is 2. The Kier molecular flexibility index (Phi) is 6.39. The highest BCUT2D eigenvalue weighted by atomic mass is 79.9. The lowest BCUT2D eigenvalue weighted by Gasteiger charge is -2.13. The number of aliphatic hydroxyl groups is 1. The zero-order valence-electron chi connectivity index (χ0n) is 12.9. The molecule has 0 aliphatic heterocycles. The minimum atomic E-state index is -0.850. The van der Waals surface area contributed by atoms with E-state index in [1.54, 1.807) is 37.4 Å². The van der Waals surface area contributed by atoms with E-state index in [0.29, 0.717) is 16.0 Å². The number of furan rings is 1. The molecule has 0 spiro atoms. The molecule has 3 N–H and O–H groups in total. The Morgan fingerprint density at radius 3 is 2.50 bits per heavy atom. The van der Waals surface area contributed by atoms with Crippen LogP contribution in [0, 0.1) is 0 Å². The van der Waals surface area contributed by atoms with E-state index < -0.39 is 17.9 Å². The van der Waals surface area contributed by atoms with Crippen LogP contribution >= 0.6 is 15.9 Å². The summed E-state index contributed by atoms with van der Waals surface area (Å²) in [5, 5.41) is 15.0. The Labute approximate surface area is 147 Å². The van der Waals surface area contributed by atoms with Crippen molar-refractivity contribution in [1.29, 1.82) is 0 Å². The van der Waals surface area contributed by atoms with Gasteiger partial charge in [0.25, 0.3) is 5.91 Å². The lowest BCUT2D eigenvalue weighted by molar-refractivity contribution is -0.120. The third kappa shape index (κ3) is 5.10. The summed E-state index contributed by atoms with van der Waals surface area (Å²) < 4.78 is 10.5. The predicted molar refractivity (Wildman–Crippen MR) is 89.7 cm³/mol. The highest BCUT2D eigenvalue weighted by Gasteiger charge is 2.13. The number of hydrogen-bond donors (Lipinski definition) is 3. The first-order chi connectivity index (χ1) is 11.5. The first-order valence-electron chi connectivity index (χ1n) is 7.12. The first-order valence-corrected chi connectivity index (χ1v) is 7.91. The molecule has 0 saturated carbocycles. The molecule has 24 heavy (non-hydrogen) atoms. The van der Waals surface area contributed by atoms with Crippen molar-refractivity contribution >= 4 is 27.7 Å². The third-order valence-corrected chi connectivity index (χ3v) is 3.63. The molecule has 0 radical (unpaired) electrons. The van der Waals surface area contributed by atoms with Gasteiger partial charge in [-0.1, -0.05) is 12.1 Å². The van der Waals surface area contributed by atoms with Crippen molar-refractivity contribution in [1.82, 2.24) is 10.6 Å². The monoisotopic (exact) mass is 396 g/mol. The molecule has 1 heterocycles. The quantitative estimate of drug-likeness (QED) is 0.660. The summed E-state index contributed by atoms with van der Waals surface area (Å²) in [6, 6.07) is 9.95. The molecule has 1 aromatic carbocycles. The second-order valence-corrected chi connectivity index (χ2v) is 5.66. The fraction of sp³-hybridized carbons (Fsp3) is 0.250. The van der Waals surface area contributed by atoms with Crippen LogP contribution in [-0.4, -0.2) is 37.1 Å². The lowest BCUT2D eigenvalue weighted by atomic mass is 10.1. The molecule has 2 aromatic rings. The number of rotatable bonds is 7. The number of aliphatic hydroxyl groups excluding tert-OH is 1. The molecule has 0 aliphatic carbocycles. The molecule has 0 aliphatic rings. The van der Waals surface area contributed by atoms with Gasteiger partial charge in [0, 0.05) is 6.54 Å². The van der Waals surface area contributed by atoms with E-state index in [1.165, 1.54) is 6.07 Å². The van der Waals surface area contributed by atoms with Gasteiger partial charge in [-0.25, -0.2) is 0 Å². The van der Waals surface area contributed by atoms with Crippen molar-refractivity contribution in [3.05, 3.63) is 52.4 Å². The predicted octanol–water partition coefficient (Wildman–Crippen LogP) is 1.63. The average Bonchev–Trinajstić information content (AvgIpc) is 3.04. The van der Waals surface area contributed by atoms with E-state index in [1.807, 2.05) is 0 Å². The van der Waals surface area contributed by atoms with Crippen LogP contribution in [-0.2, 0) is 4.79 Å². The SMILES string of the molecule is COc1ccc(C(O)CNC(=O)CNC(=O)c2ccc(Br)o2)cc1. The molecule has 7 nitrogen and oxygen atoms in total. The number of amides is 2. The molecule has 128 valence electrons. The highest BCUT2D eigenvalue weighted by molar-refractivity contribution is 9.10. The fourth-order valence-corrected chi connectivity index (χ4v) is 2.21. The summed E-state index contributed by atoms with van der Waals surface area (Å²) >= 11 is 3.09. The van der Waals surface area contributed by atoms with Crippen molar-refractivity contribution in [2.75, 3.05) is 20.2 Å². The summed E-state index contributed by atoms with van der Waals surface area (Å²) in [6.07, 6.45) is -0.850. The summed E-state index contributed by atoms with van der Waals surface area (Å²) in [6.45, 7) is -0.181. The second-order valence-electron chi connectivity index (χ2n) is 4.88. The Morgan fingerprint density at radius 2 is 1.92 bits per heavy atom. The maximum absolute atomic E-state index is 11.7. The van der Waals surface area contributed by atoms with E-state index in [9.17, 15) is 14.7 Å². The van der Waals surface area contributed by atoms with Gasteiger partial charge in [0.2, 0.25) is 5.91 Å². The van der Waals surface area contributed by atoms with Gasteiger partial charge < -0.3 is 24.9 Å². The molecule has 2 rings (SSSR count). The maximum atomic E-state index is 11.7. The van der Waals surface area contributed by atoms with Crippen molar-refractivity contribution in [3.63, 3.8) is 0 Å². The fourth-order valence-electron chi connectivity index (χ4n) is 1.90. The second kappa shape index (κ2) is 8.51. The standard InChI is InChI=1S/C16H17BrN2O5/c1-23-11-4-2-10(3-5-11)12(20)8-18-15(21)9-19-16(22)13-6-7-14(17)24-13/h2-7,12,20H,8-9H2,1H3,(H,18,21)(H,19,22).